The summed E-state index contributed by atoms with van der Waals surface area (Å²) in [5.41, 5.74) is 4.19. The van der Waals surface area contributed by atoms with Gasteiger partial charge in [0.1, 0.15) is 10.6 Å². The molecular weight excluding hydrogens is 322 g/mol. The number of carbonyl (C=O) groups excluding carboxylic acids is 1. The second-order valence-electron chi connectivity index (χ2n) is 5.84. The lowest BCUT2D eigenvalue weighted by molar-refractivity contribution is 0.102. The molecule has 0 radical (unpaired) electrons. The number of nitrogens with zero attached hydrogens (tertiary/aromatic N) is 2. The number of furan rings is 1. The fourth-order valence-corrected chi connectivity index (χ4v) is 3.57. The second-order valence-corrected chi connectivity index (χ2v) is 6.84. The predicted molar refractivity (Wildman–Crippen MR) is 95.7 cm³/mol. The number of aryl methyl sites for hydroxylation is 5. The molecule has 0 saturated heterocycles. The zero-order valence-corrected chi connectivity index (χ0v) is 15.2. The molecule has 3 aromatic heterocycles. The highest BCUT2D eigenvalue weighted by Gasteiger charge is 2.19. The molecule has 0 spiro atoms. The molecule has 0 aliphatic heterocycles. The largest absolute Gasteiger partial charge is 0.459 e. The zero-order chi connectivity index (χ0) is 17.4. The van der Waals surface area contributed by atoms with E-state index >= 15 is 0 Å². The van der Waals surface area contributed by atoms with Gasteiger partial charge in [0.2, 0.25) is 0 Å². The summed E-state index contributed by atoms with van der Waals surface area (Å²) in [5, 5.41) is 3.68. The van der Waals surface area contributed by atoms with Gasteiger partial charge in [0.25, 0.3) is 5.91 Å². The molecule has 24 heavy (non-hydrogen) atoms. The minimum atomic E-state index is -0.170. The Labute approximate surface area is 144 Å². The van der Waals surface area contributed by atoms with Gasteiger partial charge in [0.15, 0.2) is 10.8 Å². The van der Waals surface area contributed by atoms with Crippen LogP contribution in [0.3, 0.4) is 0 Å². The average Bonchev–Trinajstić information content (AvgIpc) is 3.08. The van der Waals surface area contributed by atoms with Crippen LogP contribution in [0.15, 0.2) is 22.6 Å². The summed E-state index contributed by atoms with van der Waals surface area (Å²) in [6, 6.07) is 5.71. The third kappa shape index (κ3) is 3.10. The summed E-state index contributed by atoms with van der Waals surface area (Å²) in [6.07, 6.45) is 0. The number of thiazole rings is 1. The van der Waals surface area contributed by atoms with Crippen LogP contribution in [0, 0.1) is 34.6 Å². The molecule has 0 aliphatic rings. The van der Waals surface area contributed by atoms with Crippen LogP contribution in [0.5, 0.6) is 0 Å². The highest BCUT2D eigenvalue weighted by molar-refractivity contribution is 7.17. The molecule has 5 nitrogen and oxygen atoms in total. The Morgan fingerprint density at radius 3 is 2.46 bits per heavy atom. The summed E-state index contributed by atoms with van der Waals surface area (Å²) in [5.74, 6) is 1.33. The van der Waals surface area contributed by atoms with Crippen LogP contribution in [0.25, 0.3) is 10.8 Å². The highest BCUT2D eigenvalue weighted by atomic mass is 32.1. The Bertz CT molecular complexity index is 901. The monoisotopic (exact) mass is 341 g/mol. The molecule has 3 aromatic rings. The van der Waals surface area contributed by atoms with Crippen molar-refractivity contribution in [2.45, 2.75) is 34.6 Å². The summed E-state index contributed by atoms with van der Waals surface area (Å²) < 4.78 is 5.59. The van der Waals surface area contributed by atoms with Gasteiger partial charge in [-0.15, -0.1) is 11.3 Å². The standard InChI is InChI=1S/C18H19N3O2S/c1-9-8-10(2)19-12(4)15(9)21-17(22)16-13(5)20-18(24-16)14-7-6-11(3)23-14/h6-8H,1-5H3,(H,21,22). The summed E-state index contributed by atoms with van der Waals surface area (Å²) in [7, 11) is 0. The van der Waals surface area contributed by atoms with Gasteiger partial charge in [0.05, 0.1) is 17.1 Å². The number of aromatic nitrogens is 2. The first-order valence-corrected chi connectivity index (χ1v) is 8.47. The first-order chi connectivity index (χ1) is 11.3. The van der Waals surface area contributed by atoms with Gasteiger partial charge < -0.3 is 9.73 Å². The van der Waals surface area contributed by atoms with Crippen LogP contribution in [0.2, 0.25) is 0 Å². The summed E-state index contributed by atoms with van der Waals surface area (Å²) >= 11 is 1.33. The van der Waals surface area contributed by atoms with Gasteiger partial charge in [-0.25, -0.2) is 4.98 Å². The Hall–Kier alpha value is -2.47. The maximum atomic E-state index is 12.7. The SMILES string of the molecule is Cc1cc(C)c(NC(=O)c2sc(-c3ccc(C)o3)nc2C)c(C)n1. The van der Waals surface area contributed by atoms with Crippen molar-refractivity contribution in [3.8, 4) is 10.8 Å². The number of nitrogens with one attached hydrogen (secondary N) is 1. The average molecular weight is 341 g/mol. The summed E-state index contributed by atoms with van der Waals surface area (Å²) in [4.78, 5) is 22.1. The maximum Gasteiger partial charge on any atom is 0.267 e. The lowest BCUT2D eigenvalue weighted by Gasteiger charge is -2.11. The number of hydrogen-bond acceptors (Lipinski definition) is 5. The van der Waals surface area contributed by atoms with Crippen LogP contribution in [0.1, 0.15) is 38.1 Å². The zero-order valence-electron chi connectivity index (χ0n) is 14.4. The first kappa shape index (κ1) is 16.4. The predicted octanol–water partition coefficient (Wildman–Crippen LogP) is 4.59. The van der Waals surface area contributed by atoms with Gasteiger partial charge >= 0.3 is 0 Å². The van der Waals surface area contributed by atoms with Crippen LogP contribution < -0.4 is 5.32 Å². The van der Waals surface area contributed by atoms with E-state index in [2.05, 4.69) is 15.3 Å². The van der Waals surface area contributed by atoms with E-state index in [1.165, 1.54) is 11.3 Å². The van der Waals surface area contributed by atoms with Gasteiger partial charge in [-0.05, 0) is 58.4 Å². The van der Waals surface area contributed by atoms with Gasteiger partial charge in [-0.1, -0.05) is 0 Å². The molecule has 0 aromatic carbocycles. The van der Waals surface area contributed by atoms with Crippen LogP contribution in [-0.4, -0.2) is 15.9 Å². The van der Waals surface area contributed by atoms with Crippen LogP contribution in [-0.2, 0) is 0 Å². The maximum absolute atomic E-state index is 12.7. The van der Waals surface area contributed by atoms with Crippen molar-refractivity contribution in [3.63, 3.8) is 0 Å². The number of anilines is 1. The molecule has 0 saturated carbocycles. The Kier molecular flexibility index (Phi) is 4.24. The number of rotatable bonds is 3. The third-order valence-electron chi connectivity index (χ3n) is 3.72. The fourth-order valence-electron chi connectivity index (χ4n) is 2.64. The van der Waals surface area contributed by atoms with Crippen molar-refractivity contribution in [2.24, 2.45) is 0 Å². The number of hydrogen-bond donors (Lipinski definition) is 1. The number of carbonyl (C=O) groups is 1. The Morgan fingerprint density at radius 2 is 1.83 bits per heavy atom. The van der Waals surface area contributed by atoms with Gasteiger partial charge in [-0.3, -0.25) is 9.78 Å². The van der Waals surface area contributed by atoms with Crippen LogP contribution >= 0.6 is 11.3 Å². The van der Waals surface area contributed by atoms with Crippen molar-refractivity contribution in [3.05, 3.63) is 51.5 Å². The molecule has 1 amide bonds. The minimum absolute atomic E-state index is 0.170. The molecule has 124 valence electrons. The third-order valence-corrected chi connectivity index (χ3v) is 4.89. The molecule has 0 fully saturated rings. The van der Waals surface area contributed by atoms with Crippen LogP contribution in [0.4, 0.5) is 5.69 Å². The van der Waals surface area contributed by atoms with E-state index in [1.807, 2.05) is 52.8 Å². The van der Waals surface area contributed by atoms with Crippen molar-refractivity contribution < 1.29 is 9.21 Å². The summed E-state index contributed by atoms with van der Waals surface area (Å²) in [6.45, 7) is 9.52. The fraction of sp³-hybridized carbons (Fsp3) is 0.278. The number of amides is 1. The highest BCUT2D eigenvalue weighted by Crippen LogP contribution is 2.30. The molecule has 0 aliphatic carbocycles. The molecular formula is C18H19N3O2S. The van der Waals surface area contributed by atoms with Crippen molar-refractivity contribution in [2.75, 3.05) is 5.32 Å². The van der Waals surface area contributed by atoms with Crippen molar-refractivity contribution >= 4 is 22.9 Å². The lowest BCUT2D eigenvalue weighted by Crippen LogP contribution is -2.14. The molecule has 0 bridgehead atoms. The van der Waals surface area contributed by atoms with Crippen molar-refractivity contribution in [1.82, 2.24) is 9.97 Å². The lowest BCUT2D eigenvalue weighted by atomic mass is 10.1. The van der Waals surface area contributed by atoms with Crippen molar-refractivity contribution in [1.29, 1.82) is 0 Å². The van der Waals surface area contributed by atoms with E-state index in [4.69, 9.17) is 4.42 Å². The molecule has 1 N–H and O–H groups in total. The first-order valence-electron chi connectivity index (χ1n) is 7.65. The Morgan fingerprint density at radius 1 is 1.08 bits per heavy atom. The van der Waals surface area contributed by atoms with E-state index in [0.29, 0.717) is 21.3 Å². The van der Waals surface area contributed by atoms with E-state index in [1.54, 1.807) is 0 Å². The molecule has 0 atom stereocenters. The Balaban J connectivity index is 1.90. The molecule has 3 rings (SSSR count). The van der Waals surface area contributed by atoms with Gasteiger partial charge in [0, 0.05) is 5.69 Å². The molecule has 0 unspecified atom stereocenters. The van der Waals surface area contributed by atoms with E-state index in [9.17, 15) is 4.79 Å². The van der Waals surface area contributed by atoms with E-state index in [0.717, 1.165) is 28.4 Å². The van der Waals surface area contributed by atoms with Gasteiger partial charge in [-0.2, -0.15) is 0 Å². The molecule has 3 heterocycles. The molecule has 6 heteroatoms. The van der Waals surface area contributed by atoms with E-state index < -0.39 is 0 Å². The number of pyridine rings is 1. The normalized spacial score (nSPS) is 10.9. The minimum Gasteiger partial charge on any atom is -0.459 e. The smallest absolute Gasteiger partial charge is 0.267 e. The second kappa shape index (κ2) is 6.20. The topological polar surface area (TPSA) is 68.0 Å². The van der Waals surface area contributed by atoms with E-state index in [-0.39, 0.29) is 5.91 Å². The quantitative estimate of drug-likeness (QED) is 0.756.